The maximum Gasteiger partial charge on any atom is 0.337 e. The van der Waals surface area contributed by atoms with Crippen molar-refractivity contribution in [3.63, 3.8) is 0 Å². The SMILES string of the molecule is O=C(O)c1c[nH]c(Br)c1-c1ccc(Cl)cc1. The lowest BCUT2D eigenvalue weighted by atomic mass is 10.1. The standard InChI is InChI=1S/C11H7BrClNO2/c12-10-9(8(5-14-10)11(15)16)6-1-3-7(13)4-2-6/h1-5,14H,(H,15,16). The molecule has 5 heteroatoms. The van der Waals surface area contributed by atoms with Gasteiger partial charge >= 0.3 is 5.97 Å². The second kappa shape index (κ2) is 4.31. The smallest absolute Gasteiger partial charge is 0.337 e. The highest BCUT2D eigenvalue weighted by Gasteiger charge is 2.16. The predicted molar refractivity (Wildman–Crippen MR) is 65.9 cm³/mol. The van der Waals surface area contributed by atoms with Gasteiger partial charge in [0.15, 0.2) is 0 Å². The molecule has 2 rings (SSSR count). The zero-order valence-corrected chi connectivity index (χ0v) is 10.3. The molecule has 0 atom stereocenters. The third kappa shape index (κ3) is 1.99. The minimum atomic E-state index is -0.966. The molecule has 0 aliphatic heterocycles. The van der Waals surface area contributed by atoms with E-state index in [0.29, 0.717) is 15.2 Å². The van der Waals surface area contributed by atoms with Gasteiger partial charge in [0, 0.05) is 16.8 Å². The summed E-state index contributed by atoms with van der Waals surface area (Å²) in [6.07, 6.45) is 1.45. The Morgan fingerprint density at radius 3 is 2.50 bits per heavy atom. The summed E-state index contributed by atoms with van der Waals surface area (Å²) in [6, 6.07) is 7.01. The van der Waals surface area contributed by atoms with Crippen LogP contribution in [-0.2, 0) is 0 Å². The van der Waals surface area contributed by atoms with Crippen molar-refractivity contribution in [1.82, 2.24) is 4.98 Å². The third-order valence-electron chi connectivity index (χ3n) is 2.20. The number of aromatic carboxylic acids is 1. The molecular weight excluding hydrogens is 293 g/mol. The van der Waals surface area contributed by atoms with E-state index in [4.69, 9.17) is 16.7 Å². The first-order valence-corrected chi connectivity index (χ1v) is 5.63. The Labute approximate surface area is 105 Å². The monoisotopic (exact) mass is 299 g/mol. The quantitative estimate of drug-likeness (QED) is 0.886. The van der Waals surface area contributed by atoms with E-state index >= 15 is 0 Å². The molecule has 0 saturated carbocycles. The molecule has 3 nitrogen and oxygen atoms in total. The number of nitrogens with one attached hydrogen (secondary N) is 1. The Hall–Kier alpha value is -1.26. The van der Waals surface area contributed by atoms with E-state index in [-0.39, 0.29) is 5.56 Å². The van der Waals surface area contributed by atoms with Crippen molar-refractivity contribution in [2.24, 2.45) is 0 Å². The van der Waals surface area contributed by atoms with Crippen molar-refractivity contribution < 1.29 is 9.90 Å². The molecule has 16 heavy (non-hydrogen) atoms. The number of carboxylic acids is 1. The highest BCUT2D eigenvalue weighted by Crippen LogP contribution is 2.31. The first-order chi connectivity index (χ1) is 7.59. The summed E-state index contributed by atoms with van der Waals surface area (Å²) >= 11 is 9.07. The minimum absolute atomic E-state index is 0.231. The lowest BCUT2D eigenvalue weighted by Gasteiger charge is -2.02. The molecule has 0 amide bonds. The van der Waals surface area contributed by atoms with Gasteiger partial charge in [0.25, 0.3) is 0 Å². The van der Waals surface area contributed by atoms with Crippen LogP contribution in [0.25, 0.3) is 11.1 Å². The van der Waals surface area contributed by atoms with Crippen molar-refractivity contribution in [2.45, 2.75) is 0 Å². The average Bonchev–Trinajstić information content (AvgIpc) is 2.62. The fourth-order valence-electron chi connectivity index (χ4n) is 1.47. The van der Waals surface area contributed by atoms with Gasteiger partial charge in [-0.2, -0.15) is 0 Å². The predicted octanol–water partition coefficient (Wildman–Crippen LogP) is 3.80. The van der Waals surface area contributed by atoms with Crippen LogP contribution < -0.4 is 0 Å². The number of aromatic amines is 1. The van der Waals surface area contributed by atoms with Crippen molar-refractivity contribution in [2.75, 3.05) is 0 Å². The van der Waals surface area contributed by atoms with Crippen molar-refractivity contribution in [1.29, 1.82) is 0 Å². The normalized spacial score (nSPS) is 10.4. The molecule has 0 radical (unpaired) electrons. The van der Waals surface area contributed by atoms with E-state index in [2.05, 4.69) is 20.9 Å². The number of H-pyrrole nitrogens is 1. The van der Waals surface area contributed by atoms with E-state index in [1.165, 1.54) is 6.20 Å². The lowest BCUT2D eigenvalue weighted by Crippen LogP contribution is -1.96. The van der Waals surface area contributed by atoms with Crippen LogP contribution in [-0.4, -0.2) is 16.1 Å². The van der Waals surface area contributed by atoms with Crippen molar-refractivity contribution in [3.8, 4) is 11.1 Å². The number of benzene rings is 1. The largest absolute Gasteiger partial charge is 0.478 e. The molecule has 0 unspecified atom stereocenters. The molecule has 0 fully saturated rings. The van der Waals surface area contributed by atoms with Crippen LogP contribution in [0.5, 0.6) is 0 Å². The average molecular weight is 301 g/mol. The summed E-state index contributed by atoms with van der Waals surface area (Å²) in [6.45, 7) is 0. The van der Waals surface area contributed by atoms with E-state index in [9.17, 15) is 4.79 Å². The van der Waals surface area contributed by atoms with Crippen LogP contribution in [0.2, 0.25) is 5.02 Å². The molecule has 0 aliphatic carbocycles. The molecule has 0 aliphatic rings. The second-order valence-electron chi connectivity index (χ2n) is 3.20. The molecule has 1 aromatic carbocycles. The fraction of sp³-hybridized carbons (Fsp3) is 0. The van der Waals surface area contributed by atoms with Gasteiger partial charge in [-0.15, -0.1) is 0 Å². The number of rotatable bonds is 2. The summed E-state index contributed by atoms with van der Waals surface area (Å²) in [7, 11) is 0. The Kier molecular flexibility index (Phi) is 3.03. The lowest BCUT2D eigenvalue weighted by molar-refractivity contribution is 0.0698. The molecule has 0 saturated heterocycles. The summed E-state index contributed by atoms with van der Waals surface area (Å²) in [5.41, 5.74) is 1.66. The zero-order valence-electron chi connectivity index (χ0n) is 8.00. The molecule has 2 aromatic rings. The highest BCUT2D eigenvalue weighted by molar-refractivity contribution is 9.10. The number of hydrogen-bond donors (Lipinski definition) is 2. The van der Waals surface area contributed by atoms with Crippen molar-refractivity contribution in [3.05, 3.63) is 45.7 Å². The number of carbonyl (C=O) groups is 1. The van der Waals surface area contributed by atoms with Crippen LogP contribution >= 0.6 is 27.5 Å². The number of carboxylic acid groups (broad SMARTS) is 1. The molecule has 1 heterocycles. The van der Waals surface area contributed by atoms with Crippen LogP contribution in [0.3, 0.4) is 0 Å². The van der Waals surface area contributed by atoms with Gasteiger partial charge in [0.2, 0.25) is 0 Å². The molecule has 0 bridgehead atoms. The van der Waals surface area contributed by atoms with E-state index in [0.717, 1.165) is 5.56 Å². The molecular formula is C11H7BrClNO2. The molecule has 0 spiro atoms. The summed E-state index contributed by atoms with van der Waals surface area (Å²) < 4.78 is 0.646. The number of aromatic nitrogens is 1. The summed E-state index contributed by atoms with van der Waals surface area (Å²) in [4.78, 5) is 13.8. The first-order valence-electron chi connectivity index (χ1n) is 4.45. The molecule has 1 aromatic heterocycles. The van der Waals surface area contributed by atoms with Gasteiger partial charge in [-0.1, -0.05) is 23.7 Å². The zero-order chi connectivity index (χ0) is 11.7. The fourth-order valence-corrected chi connectivity index (χ4v) is 2.15. The number of halogens is 2. The third-order valence-corrected chi connectivity index (χ3v) is 3.07. The molecule has 82 valence electrons. The topological polar surface area (TPSA) is 53.1 Å². The van der Waals surface area contributed by atoms with Gasteiger partial charge < -0.3 is 10.1 Å². The Bertz CT molecular complexity index is 533. The van der Waals surface area contributed by atoms with Gasteiger partial charge in [0.05, 0.1) is 10.2 Å². The maximum absolute atomic E-state index is 11.0. The van der Waals surface area contributed by atoms with Crippen LogP contribution in [0.1, 0.15) is 10.4 Å². The summed E-state index contributed by atoms with van der Waals surface area (Å²) in [5, 5.41) is 9.65. The van der Waals surface area contributed by atoms with Crippen LogP contribution in [0.15, 0.2) is 35.1 Å². The highest BCUT2D eigenvalue weighted by atomic mass is 79.9. The summed E-state index contributed by atoms with van der Waals surface area (Å²) in [5.74, 6) is -0.966. The first kappa shape index (κ1) is 11.2. The van der Waals surface area contributed by atoms with Gasteiger partial charge in [0.1, 0.15) is 0 Å². The van der Waals surface area contributed by atoms with E-state index < -0.39 is 5.97 Å². The molecule has 2 N–H and O–H groups in total. The van der Waals surface area contributed by atoms with E-state index in [1.807, 2.05) is 0 Å². The van der Waals surface area contributed by atoms with E-state index in [1.54, 1.807) is 24.3 Å². The maximum atomic E-state index is 11.0. The van der Waals surface area contributed by atoms with Crippen LogP contribution in [0.4, 0.5) is 0 Å². The Morgan fingerprint density at radius 2 is 1.94 bits per heavy atom. The van der Waals surface area contributed by atoms with Crippen LogP contribution in [0, 0.1) is 0 Å². The Balaban J connectivity index is 2.58. The van der Waals surface area contributed by atoms with Gasteiger partial charge in [-0.25, -0.2) is 4.79 Å². The van der Waals surface area contributed by atoms with Gasteiger partial charge in [-0.3, -0.25) is 0 Å². The minimum Gasteiger partial charge on any atom is -0.478 e. The number of hydrogen-bond acceptors (Lipinski definition) is 1. The Morgan fingerprint density at radius 1 is 1.31 bits per heavy atom. The van der Waals surface area contributed by atoms with Crippen molar-refractivity contribution >= 4 is 33.5 Å². The second-order valence-corrected chi connectivity index (χ2v) is 4.43. The van der Waals surface area contributed by atoms with Gasteiger partial charge in [-0.05, 0) is 33.6 Å².